The molecule has 0 aliphatic rings. The van der Waals surface area contributed by atoms with E-state index in [2.05, 4.69) is 0 Å². The molecule has 22 heavy (non-hydrogen) atoms. The average molecular weight is 301 g/mol. The summed E-state index contributed by atoms with van der Waals surface area (Å²) in [7, 11) is 0. The predicted octanol–water partition coefficient (Wildman–Crippen LogP) is 2.58. The molecule has 0 radical (unpaired) electrons. The van der Waals surface area contributed by atoms with Crippen molar-refractivity contribution in [2.45, 2.75) is 0 Å². The summed E-state index contributed by atoms with van der Waals surface area (Å²) in [4.78, 5) is 12.5. The minimum atomic E-state index is -1.13. The van der Waals surface area contributed by atoms with Gasteiger partial charge in [0.25, 0.3) is 0 Å². The van der Waals surface area contributed by atoms with Gasteiger partial charge in [-0.05, 0) is 12.1 Å². The third kappa shape index (κ3) is 1.64. The van der Waals surface area contributed by atoms with Gasteiger partial charge in [0.2, 0.25) is 5.69 Å². The Kier molecular flexibility index (Phi) is 2.51. The first-order valence-electron chi connectivity index (χ1n) is 6.49. The topological polar surface area (TPSA) is 25.4 Å². The second kappa shape index (κ2) is 4.30. The van der Waals surface area contributed by atoms with Crippen molar-refractivity contribution in [1.82, 2.24) is 4.40 Å². The van der Waals surface area contributed by atoms with E-state index in [9.17, 15) is 18.0 Å². The molecule has 0 saturated carbocycles. The summed E-state index contributed by atoms with van der Waals surface area (Å²) in [5.74, 6) is -3.30. The third-order valence-corrected chi connectivity index (χ3v) is 3.65. The van der Waals surface area contributed by atoms with Crippen molar-refractivity contribution in [2.75, 3.05) is 0 Å². The smallest absolute Gasteiger partial charge is 0.207 e. The second-order valence-electron chi connectivity index (χ2n) is 4.97. The van der Waals surface area contributed by atoms with Crippen molar-refractivity contribution >= 4 is 16.3 Å². The number of rotatable bonds is 1. The van der Waals surface area contributed by atoms with E-state index in [1.54, 1.807) is 18.2 Å². The summed E-state index contributed by atoms with van der Waals surface area (Å²) < 4.78 is 43.1. The van der Waals surface area contributed by atoms with Gasteiger partial charge in [0.15, 0.2) is 17.2 Å². The number of hydrogen-bond donors (Lipinski definition) is 0. The first kappa shape index (κ1) is 12.8. The molecular weight excluding hydrogens is 293 g/mol. The molecule has 0 saturated heterocycles. The molecule has 4 aromatic rings. The number of hydrogen-bond acceptors (Lipinski definition) is 1. The van der Waals surface area contributed by atoms with Crippen molar-refractivity contribution in [3.63, 3.8) is 0 Å². The maximum absolute atomic E-state index is 14.0. The average Bonchev–Trinajstić information content (AvgIpc) is 2.89. The van der Waals surface area contributed by atoms with Crippen molar-refractivity contribution in [3.05, 3.63) is 76.7 Å². The van der Waals surface area contributed by atoms with E-state index in [1.165, 1.54) is 16.8 Å². The Balaban J connectivity index is 2.17. The lowest BCUT2D eigenvalue weighted by molar-refractivity contribution is -0.618. The molecule has 0 spiro atoms. The fraction of sp³-hybridized carbons (Fsp3) is 0. The van der Waals surface area contributed by atoms with Crippen LogP contribution in [0.25, 0.3) is 22.0 Å². The van der Waals surface area contributed by atoms with E-state index in [1.807, 2.05) is 6.07 Å². The Morgan fingerprint density at radius 3 is 2.36 bits per heavy atom. The molecule has 0 aliphatic carbocycles. The molecule has 2 aromatic heterocycles. The summed E-state index contributed by atoms with van der Waals surface area (Å²) in [5.41, 5.74) is -0.549. The summed E-state index contributed by atoms with van der Waals surface area (Å²) in [6.45, 7) is 0. The van der Waals surface area contributed by atoms with Gasteiger partial charge in [0.05, 0.1) is 5.39 Å². The van der Waals surface area contributed by atoms with Gasteiger partial charge in [0, 0.05) is 17.5 Å². The highest BCUT2D eigenvalue weighted by molar-refractivity contribution is 5.95. The molecular formula is C16H8F3N2O+. The SMILES string of the molecule is O=c1n2ccc3cccc(c[n+]1-c1c(F)cc(F)cc1F)c32. The van der Waals surface area contributed by atoms with Gasteiger partial charge in [-0.15, -0.1) is 0 Å². The lowest BCUT2D eigenvalue weighted by atomic mass is 10.2. The fourth-order valence-electron chi connectivity index (χ4n) is 2.72. The molecule has 4 rings (SSSR count). The minimum absolute atomic E-state index is 0.547. The predicted molar refractivity (Wildman–Crippen MR) is 73.8 cm³/mol. The molecule has 0 atom stereocenters. The van der Waals surface area contributed by atoms with Crippen molar-refractivity contribution < 1.29 is 17.7 Å². The van der Waals surface area contributed by atoms with E-state index < -0.39 is 28.8 Å². The number of aromatic nitrogens is 2. The normalized spacial score (nSPS) is 11.6. The standard InChI is InChI=1S/C16H8F3N2O/c17-11-6-12(18)15(13(19)7-11)21-8-10-3-1-2-9-4-5-20(14(9)10)16(21)22/h1-8H/q+1. The Bertz CT molecular complexity index is 1060. The molecule has 0 unspecified atom stereocenters. The number of halogens is 3. The third-order valence-electron chi connectivity index (χ3n) is 3.65. The summed E-state index contributed by atoms with van der Waals surface area (Å²) in [6.07, 6.45) is 2.89. The molecule has 6 heteroatoms. The van der Waals surface area contributed by atoms with Crippen LogP contribution in [0.2, 0.25) is 0 Å². The van der Waals surface area contributed by atoms with Crippen LogP contribution in [0.5, 0.6) is 0 Å². The highest BCUT2D eigenvalue weighted by atomic mass is 19.1. The molecule has 2 aromatic carbocycles. The second-order valence-corrected chi connectivity index (χ2v) is 4.97. The molecule has 0 aliphatic heterocycles. The molecule has 0 N–H and O–H groups in total. The van der Waals surface area contributed by atoms with Crippen molar-refractivity contribution in [1.29, 1.82) is 0 Å². The van der Waals surface area contributed by atoms with Gasteiger partial charge in [-0.25, -0.2) is 13.2 Å². The fourth-order valence-corrected chi connectivity index (χ4v) is 2.72. The largest absolute Gasteiger partial charge is 0.508 e. The van der Waals surface area contributed by atoms with Crippen LogP contribution in [0.1, 0.15) is 0 Å². The maximum atomic E-state index is 14.0. The van der Waals surface area contributed by atoms with Crippen LogP contribution in [0, 0.1) is 17.5 Å². The number of nitrogens with zero attached hydrogens (tertiary/aromatic N) is 2. The lowest BCUT2D eigenvalue weighted by Crippen LogP contribution is -2.51. The van der Waals surface area contributed by atoms with Crippen LogP contribution in [-0.4, -0.2) is 4.40 Å². The quantitative estimate of drug-likeness (QED) is 0.496. The zero-order chi connectivity index (χ0) is 15.4. The maximum Gasteiger partial charge on any atom is 0.508 e. The molecule has 0 amide bonds. The van der Waals surface area contributed by atoms with Crippen LogP contribution >= 0.6 is 0 Å². The summed E-state index contributed by atoms with van der Waals surface area (Å²) in [6, 6.07) is 8.19. The van der Waals surface area contributed by atoms with Crippen LogP contribution in [0.3, 0.4) is 0 Å². The lowest BCUT2D eigenvalue weighted by Gasteiger charge is -2.04. The van der Waals surface area contributed by atoms with Gasteiger partial charge in [-0.2, -0.15) is 13.8 Å². The number of para-hydroxylation sites is 1. The van der Waals surface area contributed by atoms with Gasteiger partial charge in [-0.1, -0.05) is 12.1 Å². The summed E-state index contributed by atoms with van der Waals surface area (Å²) >= 11 is 0. The minimum Gasteiger partial charge on any atom is -0.207 e. The molecule has 0 bridgehead atoms. The highest BCUT2D eigenvalue weighted by Gasteiger charge is 2.24. The summed E-state index contributed by atoms with van der Waals surface area (Å²) in [5, 5.41) is 1.49. The first-order chi connectivity index (χ1) is 10.6. The Morgan fingerprint density at radius 1 is 0.955 bits per heavy atom. The Labute approximate surface area is 121 Å². The molecule has 0 fully saturated rings. The molecule has 108 valence electrons. The molecule has 2 heterocycles. The number of benzene rings is 2. The monoisotopic (exact) mass is 301 g/mol. The van der Waals surface area contributed by atoms with E-state index >= 15 is 0 Å². The molecule has 3 nitrogen and oxygen atoms in total. The van der Waals surface area contributed by atoms with Crippen LogP contribution < -0.4 is 10.3 Å². The van der Waals surface area contributed by atoms with Gasteiger partial charge in [0.1, 0.15) is 18.2 Å². The van der Waals surface area contributed by atoms with Gasteiger partial charge >= 0.3 is 5.69 Å². The first-order valence-corrected chi connectivity index (χ1v) is 6.49. The van der Waals surface area contributed by atoms with Gasteiger partial charge in [-0.3, -0.25) is 0 Å². The van der Waals surface area contributed by atoms with Crippen LogP contribution in [0.15, 0.2) is 53.6 Å². The van der Waals surface area contributed by atoms with Crippen LogP contribution in [0.4, 0.5) is 13.2 Å². The van der Waals surface area contributed by atoms with E-state index in [0.717, 1.165) is 9.95 Å². The van der Waals surface area contributed by atoms with Crippen LogP contribution in [-0.2, 0) is 0 Å². The zero-order valence-corrected chi connectivity index (χ0v) is 11.1. The highest BCUT2D eigenvalue weighted by Crippen LogP contribution is 2.20. The van der Waals surface area contributed by atoms with E-state index in [4.69, 9.17) is 0 Å². The van der Waals surface area contributed by atoms with Crippen molar-refractivity contribution in [3.8, 4) is 5.69 Å². The Morgan fingerprint density at radius 2 is 1.64 bits per heavy atom. The van der Waals surface area contributed by atoms with Gasteiger partial charge < -0.3 is 0 Å². The van der Waals surface area contributed by atoms with Crippen molar-refractivity contribution in [2.24, 2.45) is 0 Å². The Hall–Kier alpha value is -2.89. The van der Waals surface area contributed by atoms with E-state index in [0.29, 0.717) is 23.0 Å². The zero-order valence-electron chi connectivity index (χ0n) is 11.1. The van der Waals surface area contributed by atoms with E-state index in [-0.39, 0.29) is 0 Å².